The molecule has 164 valence electrons. The smallest absolute Gasteiger partial charge is 0.383 e. The molecule has 0 aliphatic carbocycles. The maximum atomic E-state index is 13.7. The zero-order valence-corrected chi connectivity index (χ0v) is 17.1. The number of carbonyl (C=O) groups excluding carboxylic acids is 1. The fourth-order valence-corrected chi connectivity index (χ4v) is 3.99. The summed E-state index contributed by atoms with van der Waals surface area (Å²) < 4.78 is 41.0. The van der Waals surface area contributed by atoms with Crippen molar-refractivity contribution in [3.05, 3.63) is 59.8 Å². The lowest BCUT2D eigenvalue weighted by Crippen LogP contribution is -2.33. The van der Waals surface area contributed by atoms with Crippen LogP contribution in [0.15, 0.2) is 48.7 Å². The molecule has 0 bridgehead atoms. The van der Waals surface area contributed by atoms with E-state index in [-0.39, 0.29) is 17.3 Å². The molecular weight excluding hydrogens is 405 g/mol. The number of nitrogens with one attached hydrogen (secondary N) is 3. The van der Waals surface area contributed by atoms with Gasteiger partial charge in [0.05, 0.1) is 11.1 Å². The first kappa shape index (κ1) is 21.2. The second-order valence-electron chi connectivity index (χ2n) is 7.79. The van der Waals surface area contributed by atoms with Crippen molar-refractivity contribution in [1.29, 1.82) is 0 Å². The number of benzene rings is 2. The van der Waals surface area contributed by atoms with Crippen molar-refractivity contribution in [2.45, 2.75) is 25.4 Å². The van der Waals surface area contributed by atoms with Crippen LogP contribution in [0.4, 0.5) is 30.2 Å². The molecule has 0 spiro atoms. The minimum atomic E-state index is -4.49. The van der Waals surface area contributed by atoms with Crippen LogP contribution in [0.5, 0.6) is 0 Å². The number of hydrogen-bond acceptors (Lipinski definition) is 4. The topological polar surface area (TPSA) is 56.4 Å². The zero-order valence-electron chi connectivity index (χ0n) is 17.1. The maximum absolute atomic E-state index is 13.7. The number of alkyl halides is 3. The van der Waals surface area contributed by atoms with Gasteiger partial charge < -0.3 is 20.9 Å². The number of amides is 1. The lowest BCUT2D eigenvalue weighted by atomic mass is 10.1. The molecule has 0 unspecified atom stereocenters. The first-order chi connectivity index (χ1) is 14.9. The van der Waals surface area contributed by atoms with Gasteiger partial charge in [-0.15, -0.1) is 0 Å². The van der Waals surface area contributed by atoms with Crippen LogP contribution < -0.4 is 16.0 Å². The van der Waals surface area contributed by atoms with Gasteiger partial charge in [0.2, 0.25) is 0 Å². The van der Waals surface area contributed by atoms with Crippen LogP contribution in [0, 0.1) is 0 Å². The SMILES string of the molecule is O=C1Nc2ccccc2C1=CNc1ccc(NCCN2CCCCC2)c(C(F)(F)F)c1. The molecule has 1 amide bonds. The van der Waals surface area contributed by atoms with Crippen LogP contribution in [-0.4, -0.2) is 37.0 Å². The number of fused-ring (bicyclic) bond motifs is 1. The predicted molar refractivity (Wildman–Crippen MR) is 117 cm³/mol. The highest BCUT2D eigenvalue weighted by atomic mass is 19.4. The summed E-state index contributed by atoms with van der Waals surface area (Å²) >= 11 is 0. The molecule has 4 rings (SSSR count). The van der Waals surface area contributed by atoms with Crippen LogP contribution in [0.25, 0.3) is 5.57 Å². The van der Waals surface area contributed by atoms with Crippen LogP contribution >= 0.6 is 0 Å². The predicted octanol–water partition coefficient (Wildman–Crippen LogP) is 5.01. The summed E-state index contributed by atoms with van der Waals surface area (Å²) in [5.41, 5.74) is 1.38. The number of para-hydroxylation sites is 1. The van der Waals surface area contributed by atoms with Crippen molar-refractivity contribution in [3.8, 4) is 0 Å². The standard InChI is InChI=1S/C23H25F3N4O/c24-23(25,26)19-14-16(8-9-21(19)27-10-13-30-11-4-1-5-12-30)28-15-18-17-6-2-3-7-20(17)29-22(18)31/h2-3,6-9,14-15,27-28H,1,4-5,10-13H2,(H,29,31). The van der Waals surface area contributed by atoms with Gasteiger partial charge in [-0.3, -0.25) is 4.79 Å². The Balaban J connectivity index is 1.47. The largest absolute Gasteiger partial charge is 0.418 e. The number of rotatable bonds is 6. The number of carbonyl (C=O) groups is 1. The summed E-state index contributed by atoms with van der Waals surface area (Å²) in [4.78, 5) is 14.4. The van der Waals surface area contributed by atoms with Crippen molar-refractivity contribution < 1.29 is 18.0 Å². The molecule has 0 saturated carbocycles. The number of hydrogen-bond donors (Lipinski definition) is 3. The van der Waals surface area contributed by atoms with Crippen LogP contribution in [0.3, 0.4) is 0 Å². The Morgan fingerprint density at radius 1 is 1.06 bits per heavy atom. The van der Waals surface area contributed by atoms with Gasteiger partial charge in [-0.25, -0.2) is 0 Å². The lowest BCUT2D eigenvalue weighted by molar-refractivity contribution is -0.136. The second-order valence-corrected chi connectivity index (χ2v) is 7.79. The molecule has 5 nitrogen and oxygen atoms in total. The molecule has 2 heterocycles. The fraction of sp³-hybridized carbons (Fsp3) is 0.348. The average Bonchev–Trinajstić information content (AvgIpc) is 3.08. The van der Waals surface area contributed by atoms with E-state index in [9.17, 15) is 18.0 Å². The molecule has 8 heteroatoms. The van der Waals surface area contributed by atoms with E-state index in [0.717, 1.165) is 38.5 Å². The number of halogens is 3. The molecule has 1 saturated heterocycles. The van der Waals surface area contributed by atoms with E-state index in [1.54, 1.807) is 24.3 Å². The summed E-state index contributed by atoms with van der Waals surface area (Å²) in [5, 5.41) is 8.53. The molecular formula is C23H25F3N4O. The number of anilines is 3. The molecule has 0 atom stereocenters. The third-order valence-corrected chi connectivity index (χ3v) is 5.61. The van der Waals surface area contributed by atoms with Gasteiger partial charge in [0.15, 0.2) is 0 Å². The molecule has 2 aliphatic rings. The molecule has 2 aromatic rings. The van der Waals surface area contributed by atoms with Crippen LogP contribution in [-0.2, 0) is 11.0 Å². The Hall–Kier alpha value is -3.00. The quantitative estimate of drug-likeness (QED) is 0.564. The van der Waals surface area contributed by atoms with E-state index in [1.165, 1.54) is 18.7 Å². The zero-order chi connectivity index (χ0) is 21.8. The molecule has 2 aliphatic heterocycles. The van der Waals surface area contributed by atoms with E-state index < -0.39 is 11.7 Å². The van der Waals surface area contributed by atoms with Gasteiger partial charge in [0, 0.05) is 41.9 Å². The first-order valence-electron chi connectivity index (χ1n) is 10.5. The highest BCUT2D eigenvalue weighted by molar-refractivity contribution is 6.31. The summed E-state index contributed by atoms with van der Waals surface area (Å²) in [5.74, 6) is -0.291. The molecule has 0 radical (unpaired) electrons. The van der Waals surface area contributed by atoms with Gasteiger partial charge in [-0.2, -0.15) is 13.2 Å². The van der Waals surface area contributed by atoms with Crippen molar-refractivity contribution >= 4 is 28.5 Å². The summed E-state index contributed by atoms with van der Waals surface area (Å²) in [6.45, 7) is 3.18. The minimum Gasteiger partial charge on any atom is -0.383 e. The van der Waals surface area contributed by atoms with Crippen molar-refractivity contribution in [3.63, 3.8) is 0 Å². The fourth-order valence-electron chi connectivity index (χ4n) is 3.99. The number of likely N-dealkylation sites (tertiary alicyclic amines) is 1. The highest BCUT2D eigenvalue weighted by Gasteiger charge is 2.34. The highest BCUT2D eigenvalue weighted by Crippen LogP contribution is 2.37. The first-order valence-corrected chi connectivity index (χ1v) is 10.5. The minimum absolute atomic E-state index is 0.0617. The van der Waals surface area contributed by atoms with Crippen molar-refractivity contribution in [1.82, 2.24) is 4.90 Å². The average molecular weight is 430 g/mol. The molecule has 31 heavy (non-hydrogen) atoms. The third kappa shape index (κ3) is 5.02. The monoisotopic (exact) mass is 430 g/mol. The Bertz CT molecular complexity index is 981. The van der Waals surface area contributed by atoms with E-state index in [0.29, 0.717) is 23.4 Å². The maximum Gasteiger partial charge on any atom is 0.418 e. The van der Waals surface area contributed by atoms with Gasteiger partial charge in [0.25, 0.3) is 5.91 Å². The molecule has 3 N–H and O–H groups in total. The van der Waals surface area contributed by atoms with Gasteiger partial charge in [0.1, 0.15) is 0 Å². The van der Waals surface area contributed by atoms with Crippen molar-refractivity contribution in [2.24, 2.45) is 0 Å². The van der Waals surface area contributed by atoms with E-state index in [1.807, 2.05) is 6.07 Å². The van der Waals surface area contributed by atoms with E-state index in [4.69, 9.17) is 0 Å². The van der Waals surface area contributed by atoms with Crippen LogP contribution in [0.2, 0.25) is 0 Å². The summed E-state index contributed by atoms with van der Waals surface area (Å²) in [7, 11) is 0. The van der Waals surface area contributed by atoms with Gasteiger partial charge in [-0.05, 0) is 50.2 Å². The van der Waals surface area contributed by atoms with Gasteiger partial charge >= 0.3 is 6.18 Å². The summed E-state index contributed by atoms with van der Waals surface area (Å²) in [6.07, 6.45) is 0.466. The third-order valence-electron chi connectivity index (χ3n) is 5.61. The van der Waals surface area contributed by atoms with Crippen molar-refractivity contribution in [2.75, 3.05) is 42.1 Å². The van der Waals surface area contributed by atoms with Crippen LogP contribution in [0.1, 0.15) is 30.4 Å². The molecule has 1 fully saturated rings. The second kappa shape index (κ2) is 9.01. The molecule has 2 aromatic carbocycles. The number of piperidine rings is 1. The van der Waals surface area contributed by atoms with Gasteiger partial charge in [-0.1, -0.05) is 24.6 Å². The van der Waals surface area contributed by atoms with E-state index in [2.05, 4.69) is 20.9 Å². The molecule has 0 aromatic heterocycles. The Labute approximate surface area is 179 Å². The number of nitrogens with zero attached hydrogens (tertiary/aromatic N) is 1. The lowest BCUT2D eigenvalue weighted by Gasteiger charge is -2.26. The summed E-state index contributed by atoms with van der Waals surface area (Å²) in [6, 6.07) is 11.3. The Morgan fingerprint density at radius 2 is 1.84 bits per heavy atom. The van der Waals surface area contributed by atoms with E-state index >= 15 is 0 Å². The normalized spacial score (nSPS) is 18.0. The Kier molecular flexibility index (Phi) is 6.18. The Morgan fingerprint density at radius 3 is 2.61 bits per heavy atom.